The largest absolute Gasteiger partial charge is 0.494 e. The Morgan fingerprint density at radius 1 is 0.771 bits per heavy atom. The first kappa shape index (κ1) is 40.2. The Kier molecular flexibility index (Phi) is 14.6. The average Bonchev–Trinajstić information content (AvgIpc) is 2.99. The van der Waals surface area contributed by atoms with Gasteiger partial charge in [0.2, 0.25) is 0 Å². The summed E-state index contributed by atoms with van der Waals surface area (Å²) >= 11 is 0. The fourth-order valence-electron chi connectivity index (χ4n) is 4.86. The van der Waals surface area contributed by atoms with Crippen molar-refractivity contribution >= 4 is 24.0 Å². The van der Waals surface area contributed by atoms with Gasteiger partial charge in [-0.2, -0.15) is 13.2 Å². The van der Waals surface area contributed by atoms with E-state index < -0.39 is 30.1 Å². The van der Waals surface area contributed by atoms with E-state index in [4.69, 9.17) is 18.9 Å². The van der Waals surface area contributed by atoms with Crippen LogP contribution in [-0.4, -0.2) is 51.0 Å². The maximum atomic E-state index is 13.0. The molecule has 8 nitrogen and oxygen atoms in total. The summed E-state index contributed by atoms with van der Waals surface area (Å²) in [5.41, 5.74) is -0.0985. The lowest BCUT2D eigenvalue weighted by molar-refractivity contribution is -0.182. The Bertz CT molecular complexity index is 1390. The minimum absolute atomic E-state index is 0.00368. The van der Waals surface area contributed by atoms with Crippen LogP contribution in [0, 0.1) is 16.2 Å². The molecule has 1 unspecified atom stereocenters. The van der Waals surface area contributed by atoms with Crippen LogP contribution >= 0.6 is 0 Å². The molecule has 11 heteroatoms. The van der Waals surface area contributed by atoms with Crippen molar-refractivity contribution in [1.29, 1.82) is 0 Å². The number of hydrogen-bond donors (Lipinski definition) is 0. The van der Waals surface area contributed by atoms with Crippen molar-refractivity contribution in [3.8, 4) is 17.2 Å². The molecule has 0 aromatic heterocycles. The first-order chi connectivity index (χ1) is 22.2. The van der Waals surface area contributed by atoms with Crippen LogP contribution < -0.4 is 14.2 Å². The van der Waals surface area contributed by atoms with Gasteiger partial charge in [0.05, 0.1) is 31.3 Å². The second kappa shape index (κ2) is 17.4. The van der Waals surface area contributed by atoms with Crippen LogP contribution in [0.2, 0.25) is 0 Å². The Hall–Kier alpha value is -4.02. The molecule has 0 saturated carbocycles. The van der Waals surface area contributed by atoms with Crippen LogP contribution in [0.5, 0.6) is 17.2 Å². The van der Waals surface area contributed by atoms with Crippen molar-refractivity contribution in [2.24, 2.45) is 16.2 Å². The van der Waals surface area contributed by atoms with Gasteiger partial charge in [-0.25, -0.2) is 9.59 Å². The molecule has 0 fully saturated rings. The lowest BCUT2D eigenvalue weighted by Crippen LogP contribution is -2.44. The maximum Gasteiger partial charge on any atom is 0.422 e. The van der Waals surface area contributed by atoms with Gasteiger partial charge in [-0.05, 0) is 97.9 Å². The van der Waals surface area contributed by atoms with Crippen LogP contribution in [0.1, 0.15) is 96.5 Å². The minimum Gasteiger partial charge on any atom is -0.494 e. The Labute approximate surface area is 281 Å². The summed E-state index contributed by atoms with van der Waals surface area (Å²) in [6.07, 6.45) is 1.65. The molecule has 2 aromatic carbocycles. The van der Waals surface area contributed by atoms with Crippen LogP contribution in [0.25, 0.3) is 6.08 Å². The van der Waals surface area contributed by atoms with Crippen LogP contribution in [0.3, 0.4) is 0 Å². The van der Waals surface area contributed by atoms with Gasteiger partial charge in [0.1, 0.15) is 5.75 Å². The van der Waals surface area contributed by atoms with Gasteiger partial charge in [0.15, 0.2) is 18.1 Å². The number of benzene rings is 2. The molecule has 2 rings (SSSR count). The second-order valence-electron chi connectivity index (χ2n) is 14.1. The topological polar surface area (TPSA) is 97.4 Å². The van der Waals surface area contributed by atoms with E-state index in [0.29, 0.717) is 24.5 Å². The van der Waals surface area contributed by atoms with Crippen molar-refractivity contribution in [1.82, 2.24) is 0 Å². The van der Waals surface area contributed by atoms with Crippen molar-refractivity contribution < 1.29 is 51.2 Å². The van der Waals surface area contributed by atoms with E-state index >= 15 is 0 Å². The molecule has 266 valence electrons. The predicted molar refractivity (Wildman–Crippen MR) is 177 cm³/mol. The molecule has 0 aliphatic rings. The van der Waals surface area contributed by atoms with Gasteiger partial charge < -0.3 is 23.7 Å². The standard InChI is InChI=1S/C37H49F3O8/c1-34(2,3)24-36(7,35(4,5)6)33(43)46-22-12-10-9-11-21-45-28-17-15-27(16-18-28)32(42)48-29-19-13-26(23-30(29)44-8)14-20-31(41)47-25-37(38,39)40/h13-20,23H,9-12,21-22,24-25H2,1-8H3/b20-14+. The molecule has 0 radical (unpaired) electrons. The highest BCUT2D eigenvalue weighted by atomic mass is 19.4. The fraction of sp³-hybridized carbons (Fsp3) is 0.541. The van der Waals surface area contributed by atoms with Crippen molar-refractivity contribution in [2.75, 3.05) is 26.9 Å². The van der Waals surface area contributed by atoms with Gasteiger partial charge in [-0.1, -0.05) is 47.6 Å². The molecule has 48 heavy (non-hydrogen) atoms. The number of esters is 3. The molecule has 2 aromatic rings. The molecule has 0 heterocycles. The highest BCUT2D eigenvalue weighted by Gasteiger charge is 2.47. The van der Waals surface area contributed by atoms with E-state index in [-0.39, 0.29) is 33.9 Å². The zero-order valence-corrected chi connectivity index (χ0v) is 29.3. The lowest BCUT2D eigenvalue weighted by atomic mass is 9.61. The summed E-state index contributed by atoms with van der Waals surface area (Å²) in [7, 11) is 1.36. The average molecular weight is 679 g/mol. The number of rotatable bonds is 16. The summed E-state index contributed by atoms with van der Waals surface area (Å²) < 4.78 is 62.9. The van der Waals surface area contributed by atoms with Gasteiger partial charge >= 0.3 is 24.1 Å². The molecule has 0 N–H and O–H groups in total. The van der Waals surface area contributed by atoms with Gasteiger partial charge in [0.25, 0.3) is 0 Å². The first-order valence-electron chi connectivity index (χ1n) is 16.0. The number of hydrogen-bond acceptors (Lipinski definition) is 8. The normalized spacial score (nSPS) is 13.5. The third kappa shape index (κ3) is 13.6. The van der Waals surface area contributed by atoms with E-state index in [9.17, 15) is 27.6 Å². The summed E-state index contributed by atoms with van der Waals surface area (Å²) in [4.78, 5) is 37.3. The minimum atomic E-state index is -4.62. The number of ether oxygens (including phenoxy) is 5. The highest BCUT2D eigenvalue weighted by molar-refractivity contribution is 5.91. The molecule has 0 aliphatic heterocycles. The SMILES string of the molecule is COc1cc(/C=C/C(=O)OCC(F)(F)F)ccc1OC(=O)c1ccc(OCCCCCCOC(=O)C(C)(CC(C)(C)C)C(C)(C)C)cc1. The third-order valence-corrected chi connectivity index (χ3v) is 7.80. The van der Waals surface area contributed by atoms with E-state index in [1.54, 1.807) is 24.3 Å². The van der Waals surface area contributed by atoms with Crippen molar-refractivity contribution in [3.05, 3.63) is 59.7 Å². The zero-order valence-electron chi connectivity index (χ0n) is 29.3. The van der Waals surface area contributed by atoms with Crippen molar-refractivity contribution in [3.63, 3.8) is 0 Å². The summed E-state index contributed by atoms with van der Waals surface area (Å²) in [5.74, 6) is -1.04. The highest BCUT2D eigenvalue weighted by Crippen LogP contribution is 2.47. The smallest absolute Gasteiger partial charge is 0.422 e. The Morgan fingerprint density at radius 3 is 1.96 bits per heavy atom. The lowest BCUT2D eigenvalue weighted by Gasteiger charge is -2.43. The molecule has 0 bridgehead atoms. The van der Waals surface area contributed by atoms with Crippen LogP contribution in [-0.2, 0) is 19.1 Å². The Morgan fingerprint density at radius 2 is 1.40 bits per heavy atom. The van der Waals surface area contributed by atoms with E-state index in [1.165, 1.54) is 31.4 Å². The monoisotopic (exact) mass is 678 g/mol. The number of carbonyl (C=O) groups excluding carboxylic acids is 3. The quantitative estimate of drug-likeness (QED) is 0.0751. The summed E-state index contributed by atoms with van der Waals surface area (Å²) in [5, 5.41) is 0. The van der Waals surface area contributed by atoms with Crippen LogP contribution in [0.15, 0.2) is 48.5 Å². The molecule has 0 amide bonds. The molecular weight excluding hydrogens is 629 g/mol. The number of alkyl halides is 3. The Balaban J connectivity index is 1.77. The molecule has 0 saturated heterocycles. The number of halogens is 3. The van der Waals surface area contributed by atoms with E-state index in [0.717, 1.165) is 38.2 Å². The molecular formula is C37H49F3O8. The van der Waals surface area contributed by atoms with E-state index in [2.05, 4.69) is 46.3 Å². The number of carbonyl (C=O) groups is 3. The number of methoxy groups -OCH3 is 1. The predicted octanol–water partition coefficient (Wildman–Crippen LogP) is 9.00. The second-order valence-corrected chi connectivity index (χ2v) is 14.1. The summed E-state index contributed by atoms with van der Waals surface area (Å²) in [6, 6.07) is 10.9. The van der Waals surface area contributed by atoms with Gasteiger partial charge in [-0.15, -0.1) is 0 Å². The van der Waals surface area contributed by atoms with Gasteiger partial charge in [0, 0.05) is 6.08 Å². The molecule has 0 aliphatic carbocycles. The third-order valence-electron chi connectivity index (χ3n) is 7.80. The summed E-state index contributed by atoms with van der Waals surface area (Å²) in [6.45, 7) is 13.9. The fourth-order valence-corrected chi connectivity index (χ4v) is 4.86. The van der Waals surface area contributed by atoms with Gasteiger partial charge in [-0.3, -0.25) is 4.79 Å². The van der Waals surface area contributed by atoms with Crippen molar-refractivity contribution in [2.45, 2.75) is 86.7 Å². The van der Waals surface area contributed by atoms with Crippen LogP contribution in [0.4, 0.5) is 13.2 Å². The number of unbranched alkanes of at least 4 members (excludes halogenated alkanes) is 3. The first-order valence-corrected chi connectivity index (χ1v) is 16.0. The van der Waals surface area contributed by atoms with E-state index in [1.807, 2.05) is 6.92 Å². The zero-order chi connectivity index (χ0) is 36.2. The molecule has 1 atom stereocenters. The maximum absolute atomic E-state index is 13.0. The molecule has 0 spiro atoms.